The monoisotopic (exact) mass is 1090 g/mol. The van der Waals surface area contributed by atoms with Crippen molar-refractivity contribution in [2.75, 3.05) is 85.3 Å². The normalized spacial score (nSPS) is 11.3. The van der Waals surface area contributed by atoms with E-state index in [2.05, 4.69) is 9.97 Å². The third kappa shape index (κ3) is 9.56. The first-order chi connectivity index (χ1) is 38.8. The van der Waals surface area contributed by atoms with Crippen LogP contribution in [0.2, 0.25) is 0 Å². The molecule has 0 unspecified atom stereocenters. The minimum atomic E-state index is -0.630. The molecule has 8 bridgehead atoms. The summed E-state index contributed by atoms with van der Waals surface area (Å²) in [6, 6.07) is 19.7. The molecule has 3 aromatic heterocycles. The van der Waals surface area contributed by atoms with Gasteiger partial charge in [0.05, 0.1) is 153 Å². The second-order valence-corrected chi connectivity index (χ2v) is 17.5. The highest BCUT2D eigenvalue weighted by Gasteiger charge is 2.30. The summed E-state index contributed by atoms with van der Waals surface area (Å²) in [5.74, 6) is -0.654. The molecule has 410 valence electrons. The second-order valence-electron chi connectivity index (χ2n) is 17.5. The van der Waals surface area contributed by atoms with Gasteiger partial charge >= 0.3 is 23.9 Å². The van der Waals surface area contributed by atoms with Crippen molar-refractivity contribution in [3.05, 3.63) is 118 Å². The Balaban J connectivity index is 1.57. The van der Waals surface area contributed by atoms with Gasteiger partial charge in [0, 0.05) is 44.3 Å². The Bertz CT molecular complexity index is 3330. The Morgan fingerprint density at radius 1 is 0.287 bits per heavy atom. The summed E-state index contributed by atoms with van der Waals surface area (Å²) >= 11 is 0. The lowest BCUT2D eigenvalue weighted by Gasteiger charge is -2.17. The van der Waals surface area contributed by atoms with Crippen LogP contribution < -0.4 is 37.9 Å². The van der Waals surface area contributed by atoms with E-state index in [1.165, 1.54) is 85.3 Å². The summed E-state index contributed by atoms with van der Waals surface area (Å²) in [4.78, 5) is 70.6. The fourth-order valence-electron chi connectivity index (χ4n) is 9.83. The van der Waals surface area contributed by atoms with Gasteiger partial charge in [0.25, 0.3) is 0 Å². The molecule has 2 aliphatic rings. The average Bonchev–Trinajstić information content (AvgIpc) is 4.37. The molecule has 2 N–H and O–H groups in total. The minimum Gasteiger partial charge on any atom is -0.496 e. The lowest BCUT2D eigenvalue weighted by molar-refractivity contribution is 0.0591. The molecule has 0 atom stereocenters. The van der Waals surface area contributed by atoms with Crippen LogP contribution in [0.1, 0.15) is 64.2 Å². The van der Waals surface area contributed by atoms with E-state index in [0.29, 0.717) is 89.4 Å². The zero-order chi connectivity index (χ0) is 57.1. The Morgan fingerprint density at radius 2 is 0.463 bits per heavy atom. The molecule has 80 heavy (non-hydrogen) atoms. The number of fused-ring (bicyclic) bond motifs is 8. The van der Waals surface area contributed by atoms with Crippen LogP contribution in [0.15, 0.2) is 72.8 Å². The fourth-order valence-corrected chi connectivity index (χ4v) is 9.83. The van der Waals surface area contributed by atoms with Gasteiger partial charge in [0.2, 0.25) is 0 Å². The van der Waals surface area contributed by atoms with Crippen molar-refractivity contribution >= 4 is 70.2 Å². The number of aromatic nitrogens is 4. The highest BCUT2D eigenvalue weighted by Crippen LogP contribution is 2.50. The van der Waals surface area contributed by atoms with Crippen LogP contribution in [0, 0.1) is 0 Å². The van der Waals surface area contributed by atoms with E-state index in [1.807, 2.05) is 48.6 Å². The van der Waals surface area contributed by atoms with Gasteiger partial charge in [-0.2, -0.15) is 0 Å². The van der Waals surface area contributed by atoms with Gasteiger partial charge in [-0.1, -0.05) is 0 Å². The number of nitrogens with zero attached hydrogens (tertiary/aromatic N) is 2. The van der Waals surface area contributed by atoms with Crippen LogP contribution in [0.4, 0.5) is 0 Å². The van der Waals surface area contributed by atoms with Gasteiger partial charge < -0.3 is 66.8 Å². The maximum Gasteiger partial charge on any atom is 0.338 e. The summed E-state index contributed by atoms with van der Waals surface area (Å²) in [6.07, 6.45) is 7.24. The zero-order valence-corrected chi connectivity index (χ0v) is 45.7. The van der Waals surface area contributed by atoms with Crippen LogP contribution in [-0.2, 0) is 18.9 Å². The Labute approximate surface area is 458 Å². The summed E-state index contributed by atoms with van der Waals surface area (Å²) in [7, 11) is 16.8. The molecule has 0 saturated carbocycles. The van der Waals surface area contributed by atoms with E-state index in [4.69, 9.17) is 66.8 Å². The average molecular weight is 1090 g/mol. The van der Waals surface area contributed by atoms with Crippen LogP contribution in [-0.4, -0.2) is 129 Å². The highest BCUT2D eigenvalue weighted by molar-refractivity contribution is 6.06. The molecule has 0 radical (unpaired) electrons. The highest BCUT2D eigenvalue weighted by atomic mass is 16.5. The predicted molar refractivity (Wildman–Crippen MR) is 298 cm³/mol. The van der Waals surface area contributed by atoms with Crippen molar-refractivity contribution in [3.63, 3.8) is 0 Å². The van der Waals surface area contributed by atoms with E-state index in [1.54, 1.807) is 48.5 Å². The third-order valence-electron chi connectivity index (χ3n) is 13.5. The number of carbonyl (C=O) groups is 4. The van der Waals surface area contributed by atoms with Crippen LogP contribution >= 0.6 is 0 Å². The maximum atomic E-state index is 13.1. The number of nitrogens with one attached hydrogen (secondary N) is 2. The molecule has 5 heterocycles. The molecule has 0 aliphatic carbocycles. The van der Waals surface area contributed by atoms with Gasteiger partial charge in [0.1, 0.15) is 46.0 Å². The predicted octanol–water partition coefficient (Wildman–Crippen LogP) is 10.5. The largest absolute Gasteiger partial charge is 0.496 e. The van der Waals surface area contributed by atoms with E-state index < -0.39 is 23.9 Å². The Morgan fingerprint density at radius 3 is 0.613 bits per heavy atom. The molecule has 0 fully saturated rings. The fraction of sp³-hybridized carbons (Fsp3) is 0.200. The molecule has 0 saturated heterocycles. The molecule has 0 amide bonds. The molecular weight excluding hydrogens is 1030 g/mol. The van der Waals surface area contributed by atoms with Crippen molar-refractivity contribution in [3.8, 4) is 90.5 Å². The summed E-state index contributed by atoms with van der Waals surface area (Å²) < 4.78 is 69.1. The van der Waals surface area contributed by atoms with Crippen LogP contribution in [0.5, 0.6) is 46.0 Å². The van der Waals surface area contributed by atoms with E-state index in [-0.39, 0.29) is 68.2 Å². The maximum absolute atomic E-state index is 13.1. The number of hydrogen-bond donors (Lipinski definition) is 2. The number of esters is 4. The molecule has 9 rings (SSSR count). The Hall–Kier alpha value is -10.2. The molecule has 2 aliphatic heterocycles. The molecule has 20 heteroatoms. The first kappa shape index (κ1) is 54.5. The number of methoxy groups -OCH3 is 12. The van der Waals surface area contributed by atoms with Gasteiger partial charge in [-0.25, -0.2) is 29.1 Å². The first-order valence-electron chi connectivity index (χ1n) is 24.3. The lowest BCUT2D eigenvalue weighted by atomic mass is 9.99. The van der Waals surface area contributed by atoms with E-state index >= 15 is 0 Å². The van der Waals surface area contributed by atoms with Crippen molar-refractivity contribution < 1.29 is 76.0 Å². The number of hydrogen-bond acceptors (Lipinski definition) is 18. The summed E-state index contributed by atoms with van der Waals surface area (Å²) in [5, 5.41) is 0. The quantitative estimate of drug-likeness (QED) is 0.0676. The van der Waals surface area contributed by atoms with Crippen molar-refractivity contribution in [1.82, 2.24) is 19.9 Å². The molecule has 0 spiro atoms. The molecule has 7 aromatic rings. The lowest BCUT2D eigenvalue weighted by Crippen LogP contribution is -2.05. The Kier molecular flexibility index (Phi) is 15.5. The molecule has 20 nitrogen and oxygen atoms in total. The smallest absolute Gasteiger partial charge is 0.338 e. The van der Waals surface area contributed by atoms with Gasteiger partial charge in [-0.15, -0.1) is 0 Å². The number of carbonyl (C=O) groups excluding carboxylic acids is 4. The van der Waals surface area contributed by atoms with Gasteiger partial charge in [-0.05, 0) is 97.1 Å². The third-order valence-corrected chi connectivity index (χ3v) is 13.5. The van der Waals surface area contributed by atoms with Crippen LogP contribution in [0.3, 0.4) is 0 Å². The zero-order valence-electron chi connectivity index (χ0n) is 45.7. The van der Waals surface area contributed by atoms with E-state index in [0.717, 1.165) is 0 Å². The number of rotatable bonds is 16. The SMILES string of the molecule is COC(=O)c1cc(OC)c(-c2c3nc(c(-c4c(OC)cc(C(=O)OC)cc4OC)c4ccc([nH]4)c(-c4c(OC)cc(C(=O)OC)cc4OC)c4nc(c(-c5c(OC)cc(C(=O)OC)cc5OC)c5ccc2[nH]5)C=C4)C=C3)c(OC)c1. The van der Waals surface area contributed by atoms with Gasteiger partial charge in [-0.3, -0.25) is 0 Å². The number of benzene rings is 4. The topological polar surface area (TPSA) is 236 Å². The van der Waals surface area contributed by atoms with Crippen molar-refractivity contribution in [2.24, 2.45) is 0 Å². The summed E-state index contributed by atoms with van der Waals surface area (Å²) in [5.41, 5.74) is 7.46. The van der Waals surface area contributed by atoms with Gasteiger partial charge in [0.15, 0.2) is 0 Å². The standard InChI is InChI=1S/C60H54N4O16/c1-69-41-21-29(57(65)77-9)22-42(70-2)53(41)49-33-13-15-35(61-33)50(54-43(71-3)23-30(58(66)78-10)24-44(54)72-4)37-17-19-39(63-37)52(56-47(75-7)27-32(60(68)80-12)28-48(56)76-8)40-20-18-38(64-40)51(36-16-14-34(49)62-36)55-45(73-5)25-31(59(67)79-11)26-46(55)74-6/h13-28,61,64H,1-12H3. The molecule has 4 aromatic carbocycles. The number of aromatic amines is 2. The van der Waals surface area contributed by atoms with Crippen LogP contribution in [0.25, 0.3) is 90.9 Å². The number of ether oxygens (including phenoxy) is 12. The first-order valence-corrected chi connectivity index (χ1v) is 24.3. The molecular formula is C60H54N4O16. The second kappa shape index (κ2) is 22.8. The van der Waals surface area contributed by atoms with E-state index in [9.17, 15) is 19.2 Å². The van der Waals surface area contributed by atoms with Crippen molar-refractivity contribution in [1.29, 1.82) is 0 Å². The number of H-pyrrole nitrogens is 2. The van der Waals surface area contributed by atoms with Crippen molar-refractivity contribution in [2.45, 2.75) is 0 Å². The summed E-state index contributed by atoms with van der Waals surface area (Å²) in [6.45, 7) is 0. The minimum absolute atomic E-state index is 0.156.